The van der Waals surface area contributed by atoms with E-state index in [9.17, 15) is 4.79 Å². The Morgan fingerprint density at radius 3 is 2.93 bits per heavy atom. The van der Waals surface area contributed by atoms with Crippen LogP contribution in [0, 0.1) is 0 Å². The van der Waals surface area contributed by atoms with E-state index in [0.29, 0.717) is 12.2 Å². The summed E-state index contributed by atoms with van der Waals surface area (Å²) in [5.41, 5.74) is 1.06. The van der Waals surface area contributed by atoms with Crippen molar-refractivity contribution in [2.75, 3.05) is 6.54 Å². The fourth-order valence-corrected chi connectivity index (χ4v) is 1.80. The lowest BCUT2D eigenvalue weighted by Gasteiger charge is -2.14. The molecule has 80 valence electrons. The predicted octanol–water partition coefficient (Wildman–Crippen LogP) is 2.44. The van der Waals surface area contributed by atoms with Gasteiger partial charge in [-0.3, -0.25) is 4.79 Å². The molecule has 1 saturated heterocycles. The molecule has 0 radical (unpaired) electrons. The quantitative estimate of drug-likeness (QED) is 0.698. The first-order valence-electron chi connectivity index (χ1n) is 5.66. The standard InChI is InChI=1S/C12H21NO/c1-3-10(2)9-12(14)11-7-5-4-6-8-13-11/h11,13H,2-9H2,1H3. The second-order valence-corrected chi connectivity index (χ2v) is 4.10. The lowest BCUT2D eigenvalue weighted by Crippen LogP contribution is -2.36. The minimum atomic E-state index is 0.0980. The van der Waals surface area contributed by atoms with Gasteiger partial charge in [-0.15, -0.1) is 0 Å². The topological polar surface area (TPSA) is 29.1 Å². The lowest BCUT2D eigenvalue weighted by atomic mass is 10.00. The molecule has 1 heterocycles. The maximum atomic E-state index is 11.8. The normalized spacial score (nSPS) is 22.8. The summed E-state index contributed by atoms with van der Waals surface area (Å²) in [5, 5.41) is 3.32. The summed E-state index contributed by atoms with van der Waals surface area (Å²) in [6.45, 7) is 6.93. The van der Waals surface area contributed by atoms with Crippen LogP contribution in [0.25, 0.3) is 0 Å². The lowest BCUT2D eigenvalue weighted by molar-refractivity contribution is -0.120. The van der Waals surface area contributed by atoms with E-state index < -0.39 is 0 Å². The van der Waals surface area contributed by atoms with Gasteiger partial charge in [0.25, 0.3) is 0 Å². The van der Waals surface area contributed by atoms with Gasteiger partial charge in [0.05, 0.1) is 6.04 Å². The average Bonchev–Trinajstić information content (AvgIpc) is 2.45. The van der Waals surface area contributed by atoms with Crippen LogP contribution in [0.4, 0.5) is 0 Å². The Morgan fingerprint density at radius 2 is 2.21 bits per heavy atom. The highest BCUT2D eigenvalue weighted by Gasteiger charge is 2.19. The van der Waals surface area contributed by atoms with Crippen molar-refractivity contribution < 1.29 is 4.79 Å². The molecular weight excluding hydrogens is 174 g/mol. The van der Waals surface area contributed by atoms with Crippen LogP contribution in [0.15, 0.2) is 12.2 Å². The largest absolute Gasteiger partial charge is 0.307 e. The summed E-state index contributed by atoms with van der Waals surface area (Å²) in [6.07, 6.45) is 6.13. The molecule has 1 fully saturated rings. The Hall–Kier alpha value is -0.630. The van der Waals surface area contributed by atoms with Crippen LogP contribution in [0.2, 0.25) is 0 Å². The van der Waals surface area contributed by atoms with Crippen molar-refractivity contribution in [3.8, 4) is 0 Å². The Balaban J connectivity index is 2.38. The van der Waals surface area contributed by atoms with E-state index >= 15 is 0 Å². The first-order valence-corrected chi connectivity index (χ1v) is 5.66. The molecule has 1 unspecified atom stereocenters. The molecule has 1 rings (SSSR count). The van der Waals surface area contributed by atoms with Crippen LogP contribution in [0.1, 0.15) is 45.4 Å². The maximum Gasteiger partial charge on any atom is 0.153 e. The molecule has 2 nitrogen and oxygen atoms in total. The Labute approximate surface area is 86.8 Å². The number of ketones is 1. The van der Waals surface area contributed by atoms with Gasteiger partial charge >= 0.3 is 0 Å². The van der Waals surface area contributed by atoms with Crippen molar-refractivity contribution in [3.05, 3.63) is 12.2 Å². The smallest absolute Gasteiger partial charge is 0.153 e. The van der Waals surface area contributed by atoms with Crippen molar-refractivity contribution >= 4 is 5.78 Å². The SMILES string of the molecule is C=C(CC)CC(=O)C1CCCCCN1. The predicted molar refractivity (Wildman–Crippen MR) is 59.3 cm³/mol. The zero-order chi connectivity index (χ0) is 10.4. The number of carbonyl (C=O) groups is 1. The highest BCUT2D eigenvalue weighted by Crippen LogP contribution is 2.13. The molecule has 1 atom stereocenters. The maximum absolute atomic E-state index is 11.8. The summed E-state index contributed by atoms with van der Waals surface area (Å²) in [6, 6.07) is 0.0980. The zero-order valence-electron chi connectivity index (χ0n) is 9.14. The molecular formula is C12H21NO. The molecule has 1 N–H and O–H groups in total. The molecule has 0 saturated carbocycles. The summed E-state index contributed by atoms with van der Waals surface area (Å²) in [7, 11) is 0. The van der Waals surface area contributed by atoms with Crippen LogP contribution < -0.4 is 5.32 Å². The van der Waals surface area contributed by atoms with E-state index in [2.05, 4.69) is 18.8 Å². The molecule has 0 aromatic rings. The number of Topliss-reactive ketones (excluding diaryl/α,β-unsaturated/α-hetero) is 1. The number of allylic oxidation sites excluding steroid dienone is 1. The molecule has 0 bridgehead atoms. The molecule has 1 aliphatic heterocycles. The number of nitrogens with one attached hydrogen (secondary N) is 1. The summed E-state index contributed by atoms with van der Waals surface area (Å²) in [4.78, 5) is 11.8. The van der Waals surface area contributed by atoms with Gasteiger partial charge in [0.2, 0.25) is 0 Å². The van der Waals surface area contributed by atoms with Crippen LogP contribution in [0.3, 0.4) is 0 Å². The molecule has 0 aromatic heterocycles. The Bertz CT molecular complexity index is 202. The number of hydrogen-bond acceptors (Lipinski definition) is 2. The van der Waals surface area contributed by atoms with Crippen LogP contribution in [-0.4, -0.2) is 18.4 Å². The van der Waals surface area contributed by atoms with E-state index in [1.54, 1.807) is 0 Å². The van der Waals surface area contributed by atoms with Gasteiger partial charge in [-0.1, -0.05) is 31.9 Å². The third-order valence-electron chi connectivity index (χ3n) is 2.87. The van der Waals surface area contributed by atoms with Crippen molar-refractivity contribution in [2.45, 2.75) is 51.5 Å². The number of hydrogen-bond donors (Lipinski definition) is 1. The second kappa shape index (κ2) is 5.97. The minimum absolute atomic E-state index is 0.0980. The fraction of sp³-hybridized carbons (Fsp3) is 0.750. The molecule has 0 aliphatic carbocycles. The van der Waals surface area contributed by atoms with Crippen molar-refractivity contribution in [1.29, 1.82) is 0 Å². The van der Waals surface area contributed by atoms with E-state index in [-0.39, 0.29) is 6.04 Å². The van der Waals surface area contributed by atoms with Crippen LogP contribution in [0.5, 0.6) is 0 Å². The Morgan fingerprint density at radius 1 is 1.43 bits per heavy atom. The third kappa shape index (κ3) is 3.62. The highest BCUT2D eigenvalue weighted by molar-refractivity contribution is 5.85. The second-order valence-electron chi connectivity index (χ2n) is 4.10. The highest BCUT2D eigenvalue weighted by atomic mass is 16.1. The number of carbonyl (C=O) groups excluding carboxylic acids is 1. The van der Waals surface area contributed by atoms with Gasteiger partial charge in [-0.2, -0.15) is 0 Å². The summed E-state index contributed by atoms with van der Waals surface area (Å²) in [5.74, 6) is 0.332. The van der Waals surface area contributed by atoms with Crippen LogP contribution in [-0.2, 0) is 4.79 Å². The van der Waals surface area contributed by atoms with Crippen molar-refractivity contribution in [2.24, 2.45) is 0 Å². The van der Waals surface area contributed by atoms with Gasteiger partial charge < -0.3 is 5.32 Å². The minimum Gasteiger partial charge on any atom is -0.307 e. The van der Waals surface area contributed by atoms with E-state index in [1.165, 1.54) is 19.3 Å². The average molecular weight is 195 g/mol. The summed E-state index contributed by atoms with van der Waals surface area (Å²) < 4.78 is 0. The fourth-order valence-electron chi connectivity index (χ4n) is 1.80. The van der Waals surface area contributed by atoms with Crippen molar-refractivity contribution in [1.82, 2.24) is 5.32 Å². The molecule has 1 aliphatic rings. The Kier molecular flexibility index (Phi) is 4.88. The van der Waals surface area contributed by atoms with Gasteiger partial charge in [0.1, 0.15) is 0 Å². The molecule has 0 aromatic carbocycles. The van der Waals surface area contributed by atoms with E-state index in [1.807, 2.05) is 0 Å². The van der Waals surface area contributed by atoms with E-state index in [4.69, 9.17) is 0 Å². The first-order chi connectivity index (χ1) is 6.74. The molecule has 0 spiro atoms. The van der Waals surface area contributed by atoms with Crippen LogP contribution >= 0.6 is 0 Å². The molecule has 14 heavy (non-hydrogen) atoms. The van der Waals surface area contributed by atoms with Gasteiger partial charge in [-0.05, 0) is 25.8 Å². The number of rotatable bonds is 4. The molecule has 2 heteroatoms. The first kappa shape index (κ1) is 11.4. The van der Waals surface area contributed by atoms with E-state index in [0.717, 1.165) is 25.0 Å². The zero-order valence-corrected chi connectivity index (χ0v) is 9.14. The summed E-state index contributed by atoms with van der Waals surface area (Å²) >= 11 is 0. The van der Waals surface area contributed by atoms with Crippen molar-refractivity contribution in [3.63, 3.8) is 0 Å². The van der Waals surface area contributed by atoms with Gasteiger partial charge in [0, 0.05) is 6.42 Å². The monoisotopic (exact) mass is 195 g/mol. The van der Waals surface area contributed by atoms with Gasteiger partial charge in [-0.25, -0.2) is 0 Å². The van der Waals surface area contributed by atoms with Gasteiger partial charge in [0.15, 0.2) is 5.78 Å². The third-order valence-corrected chi connectivity index (χ3v) is 2.87. The molecule has 0 amide bonds.